The Morgan fingerprint density at radius 1 is 0.724 bits per heavy atom. The number of rotatable bonds is 5. The molecule has 1 heterocycles. The molecule has 0 amide bonds. The van der Waals surface area contributed by atoms with Crippen LogP contribution < -0.4 is 5.43 Å². The van der Waals surface area contributed by atoms with Gasteiger partial charge in [-0.3, -0.25) is 0 Å². The predicted molar refractivity (Wildman–Crippen MR) is 110 cm³/mol. The van der Waals surface area contributed by atoms with E-state index in [9.17, 15) is 8.78 Å². The fourth-order valence-electron chi connectivity index (χ4n) is 2.76. The van der Waals surface area contributed by atoms with Crippen molar-refractivity contribution < 1.29 is 8.78 Å². The highest BCUT2D eigenvalue weighted by molar-refractivity contribution is 5.80. The van der Waals surface area contributed by atoms with Crippen LogP contribution >= 0.6 is 0 Å². The van der Waals surface area contributed by atoms with Gasteiger partial charge in [-0.1, -0.05) is 48.5 Å². The van der Waals surface area contributed by atoms with Gasteiger partial charge in [0.2, 0.25) is 5.95 Å². The van der Waals surface area contributed by atoms with Gasteiger partial charge in [0, 0.05) is 16.7 Å². The molecule has 6 heteroatoms. The van der Waals surface area contributed by atoms with Crippen LogP contribution in [0.5, 0.6) is 0 Å². The molecule has 0 radical (unpaired) electrons. The van der Waals surface area contributed by atoms with Gasteiger partial charge < -0.3 is 0 Å². The molecule has 29 heavy (non-hydrogen) atoms. The molecule has 4 aromatic rings. The molecule has 0 unspecified atom stereocenters. The average molecular weight is 386 g/mol. The smallest absolute Gasteiger partial charge is 0.244 e. The number of hydrogen-bond donors (Lipinski definition) is 1. The van der Waals surface area contributed by atoms with Crippen molar-refractivity contribution in [2.45, 2.75) is 0 Å². The quantitative estimate of drug-likeness (QED) is 0.362. The highest BCUT2D eigenvalue weighted by Crippen LogP contribution is 2.25. The zero-order chi connectivity index (χ0) is 20.1. The lowest BCUT2D eigenvalue weighted by Crippen LogP contribution is -2.00. The van der Waals surface area contributed by atoms with Gasteiger partial charge in [0.15, 0.2) is 0 Å². The third-order valence-corrected chi connectivity index (χ3v) is 4.21. The molecule has 0 aliphatic rings. The van der Waals surface area contributed by atoms with Crippen LogP contribution in [0.3, 0.4) is 0 Å². The van der Waals surface area contributed by atoms with E-state index in [1.807, 2.05) is 36.4 Å². The van der Waals surface area contributed by atoms with Crippen molar-refractivity contribution in [1.29, 1.82) is 0 Å². The zero-order valence-corrected chi connectivity index (χ0v) is 15.3. The minimum Gasteiger partial charge on any atom is -0.245 e. The van der Waals surface area contributed by atoms with Gasteiger partial charge in [0.05, 0.1) is 17.6 Å². The molecule has 0 saturated carbocycles. The van der Waals surface area contributed by atoms with Crippen molar-refractivity contribution in [3.8, 4) is 22.5 Å². The van der Waals surface area contributed by atoms with Crippen molar-refractivity contribution in [3.05, 3.63) is 102 Å². The average Bonchev–Trinajstić information content (AvgIpc) is 2.76. The molecule has 0 aliphatic carbocycles. The zero-order valence-electron chi connectivity index (χ0n) is 15.3. The van der Waals surface area contributed by atoms with Crippen molar-refractivity contribution in [1.82, 2.24) is 9.97 Å². The second kappa shape index (κ2) is 8.39. The van der Waals surface area contributed by atoms with Crippen molar-refractivity contribution in [2.75, 3.05) is 5.43 Å². The number of aromatic nitrogens is 2. The van der Waals surface area contributed by atoms with Crippen LogP contribution in [-0.2, 0) is 0 Å². The highest BCUT2D eigenvalue weighted by Gasteiger charge is 2.09. The molecular formula is C23H16F2N4. The maximum Gasteiger partial charge on any atom is 0.244 e. The first-order valence-electron chi connectivity index (χ1n) is 8.93. The van der Waals surface area contributed by atoms with Crippen molar-refractivity contribution in [2.24, 2.45) is 5.10 Å². The molecule has 0 fully saturated rings. The number of benzene rings is 3. The summed E-state index contributed by atoms with van der Waals surface area (Å²) in [6.07, 6.45) is 1.37. The van der Waals surface area contributed by atoms with Gasteiger partial charge in [-0.2, -0.15) is 5.10 Å². The van der Waals surface area contributed by atoms with E-state index in [1.165, 1.54) is 24.4 Å². The molecule has 0 atom stereocenters. The lowest BCUT2D eigenvalue weighted by atomic mass is 10.1. The number of nitrogens with zero attached hydrogens (tertiary/aromatic N) is 3. The van der Waals surface area contributed by atoms with Gasteiger partial charge in [-0.25, -0.2) is 24.2 Å². The molecule has 0 saturated heterocycles. The topological polar surface area (TPSA) is 50.2 Å². The SMILES string of the molecule is Fc1ccc(-c2cc(-c3ccccc3)nc(N/N=C/c3ccccc3F)n2)cc1. The second-order valence-corrected chi connectivity index (χ2v) is 6.23. The summed E-state index contributed by atoms with van der Waals surface area (Å²) in [5, 5.41) is 4.06. The Kier molecular flexibility index (Phi) is 5.33. The number of halogens is 2. The predicted octanol–water partition coefficient (Wildman–Crippen LogP) is 5.53. The maximum absolute atomic E-state index is 13.7. The molecule has 0 spiro atoms. The summed E-state index contributed by atoms with van der Waals surface area (Å²) in [6.45, 7) is 0. The molecule has 1 aromatic heterocycles. The minimum absolute atomic E-state index is 0.248. The summed E-state index contributed by atoms with van der Waals surface area (Å²) in [4.78, 5) is 8.96. The fourth-order valence-corrected chi connectivity index (χ4v) is 2.76. The van der Waals surface area contributed by atoms with E-state index in [4.69, 9.17) is 0 Å². The van der Waals surface area contributed by atoms with Crippen LogP contribution in [0, 0.1) is 11.6 Å². The summed E-state index contributed by atoms with van der Waals surface area (Å²) in [5.41, 5.74) is 6.05. The summed E-state index contributed by atoms with van der Waals surface area (Å²) >= 11 is 0. The number of anilines is 1. The molecule has 4 nitrogen and oxygen atoms in total. The van der Waals surface area contributed by atoms with Gasteiger partial charge in [-0.05, 0) is 36.4 Å². The third-order valence-electron chi connectivity index (χ3n) is 4.21. The van der Waals surface area contributed by atoms with E-state index >= 15 is 0 Å². The molecule has 0 aliphatic heterocycles. The Labute approximate surface area is 166 Å². The van der Waals surface area contributed by atoms with Crippen LogP contribution in [0.4, 0.5) is 14.7 Å². The Hall–Kier alpha value is -3.93. The van der Waals surface area contributed by atoms with Crippen LogP contribution in [-0.4, -0.2) is 16.2 Å². The number of hydrogen-bond acceptors (Lipinski definition) is 4. The van der Waals surface area contributed by atoms with Crippen LogP contribution in [0.15, 0.2) is 90.0 Å². The lowest BCUT2D eigenvalue weighted by molar-refractivity contribution is 0.626. The Bertz CT molecular complexity index is 1140. The molecule has 3 aromatic carbocycles. The van der Waals surface area contributed by atoms with E-state index in [1.54, 1.807) is 30.3 Å². The Morgan fingerprint density at radius 3 is 2.03 bits per heavy atom. The minimum atomic E-state index is -0.371. The van der Waals surface area contributed by atoms with Crippen LogP contribution in [0.2, 0.25) is 0 Å². The van der Waals surface area contributed by atoms with Crippen molar-refractivity contribution >= 4 is 12.2 Å². The van der Waals surface area contributed by atoms with Gasteiger partial charge in [0.25, 0.3) is 0 Å². The summed E-state index contributed by atoms with van der Waals surface area (Å²) < 4.78 is 27.0. The molecule has 1 N–H and O–H groups in total. The molecule has 0 bridgehead atoms. The van der Waals surface area contributed by atoms with Gasteiger partial charge in [0.1, 0.15) is 11.6 Å². The lowest BCUT2D eigenvalue weighted by Gasteiger charge is -2.08. The van der Waals surface area contributed by atoms with Crippen molar-refractivity contribution in [3.63, 3.8) is 0 Å². The first kappa shape index (κ1) is 18.4. The standard InChI is InChI=1S/C23H16F2N4/c24-19-12-10-17(11-13-19)22-14-21(16-6-2-1-3-7-16)27-23(28-22)29-26-15-18-8-4-5-9-20(18)25/h1-15H,(H,27,28,29)/b26-15+. The fraction of sp³-hybridized carbons (Fsp3) is 0. The number of hydrazone groups is 1. The third kappa shape index (κ3) is 4.50. The largest absolute Gasteiger partial charge is 0.245 e. The first-order chi connectivity index (χ1) is 14.2. The van der Waals surface area contributed by atoms with E-state index in [0.717, 1.165) is 11.1 Å². The number of nitrogens with one attached hydrogen (secondary N) is 1. The van der Waals surface area contributed by atoms with E-state index < -0.39 is 0 Å². The summed E-state index contributed by atoms with van der Waals surface area (Å²) in [7, 11) is 0. The normalized spacial score (nSPS) is 11.0. The molecule has 4 rings (SSSR count). The summed E-state index contributed by atoms with van der Waals surface area (Å²) in [6, 6.07) is 23.8. The maximum atomic E-state index is 13.7. The first-order valence-corrected chi connectivity index (χ1v) is 8.93. The van der Waals surface area contributed by atoms with E-state index in [-0.39, 0.29) is 17.6 Å². The van der Waals surface area contributed by atoms with E-state index in [2.05, 4.69) is 20.5 Å². The van der Waals surface area contributed by atoms with Gasteiger partial charge >= 0.3 is 0 Å². The van der Waals surface area contributed by atoms with Gasteiger partial charge in [-0.15, -0.1) is 0 Å². The Morgan fingerprint density at radius 2 is 1.34 bits per heavy atom. The second-order valence-electron chi connectivity index (χ2n) is 6.23. The molecular weight excluding hydrogens is 370 g/mol. The Balaban J connectivity index is 1.69. The highest BCUT2D eigenvalue weighted by atomic mass is 19.1. The summed E-state index contributed by atoms with van der Waals surface area (Å²) in [5.74, 6) is -0.443. The molecule has 142 valence electrons. The van der Waals surface area contributed by atoms with Crippen LogP contribution in [0.1, 0.15) is 5.56 Å². The van der Waals surface area contributed by atoms with Crippen LogP contribution in [0.25, 0.3) is 22.5 Å². The monoisotopic (exact) mass is 386 g/mol. The van der Waals surface area contributed by atoms with E-state index in [0.29, 0.717) is 17.0 Å².